The molecule has 216 valence electrons. The van der Waals surface area contributed by atoms with Gasteiger partial charge >= 0.3 is 0 Å². The zero-order valence-electron chi connectivity index (χ0n) is 25.7. The molecule has 0 amide bonds. The molecule has 0 aliphatic heterocycles. The van der Waals surface area contributed by atoms with Gasteiger partial charge in [0.05, 0.1) is 22.4 Å². The van der Waals surface area contributed by atoms with Gasteiger partial charge in [0.25, 0.3) is 0 Å². The second-order valence-corrected chi connectivity index (χ2v) is 10.4. The standard InChI is InChI=1S/C22H17N3O.C8H11N.C8H10/c1-14(26)18-12-22(25-20-10-6-4-8-17(18)20)21-11-15(13-23-2)16-7-3-5-9-19(16)24-21;1-7-4-3-5-8(6-7)9-2;1-7-4-3-5-8(2)6-7/h3-13H,1-2H3;3-6,9H,1-2H3;3-6H,1-2H3. The van der Waals surface area contributed by atoms with Gasteiger partial charge in [-0.15, -0.1) is 0 Å². The molecule has 0 unspecified atom stereocenters. The van der Waals surface area contributed by atoms with Crippen LogP contribution in [0.15, 0.2) is 114 Å². The summed E-state index contributed by atoms with van der Waals surface area (Å²) in [5, 5.41) is 4.97. The molecule has 0 spiro atoms. The maximum atomic E-state index is 12.2. The average Bonchev–Trinajstić information content (AvgIpc) is 3.01. The number of Topliss-reactive ketones (excluding diaryl/α,β-unsaturated/α-hetero) is 1. The van der Waals surface area contributed by atoms with E-state index in [-0.39, 0.29) is 5.78 Å². The van der Waals surface area contributed by atoms with Crippen LogP contribution in [-0.2, 0) is 0 Å². The number of rotatable bonds is 4. The van der Waals surface area contributed by atoms with Crippen LogP contribution in [0.2, 0.25) is 0 Å². The molecule has 0 bridgehead atoms. The third-order valence-corrected chi connectivity index (χ3v) is 6.85. The maximum absolute atomic E-state index is 12.2. The van der Waals surface area contributed by atoms with Crippen LogP contribution < -0.4 is 5.32 Å². The summed E-state index contributed by atoms with van der Waals surface area (Å²) in [7, 11) is 3.67. The Balaban J connectivity index is 0.000000202. The van der Waals surface area contributed by atoms with Gasteiger partial charge in [0.15, 0.2) is 5.78 Å². The molecule has 0 aliphatic carbocycles. The third kappa shape index (κ3) is 8.20. The Kier molecular flexibility index (Phi) is 10.5. The van der Waals surface area contributed by atoms with E-state index in [1.807, 2.05) is 86.1 Å². The number of nitrogens with one attached hydrogen (secondary N) is 1. The highest BCUT2D eigenvalue weighted by atomic mass is 16.1. The number of aryl methyl sites for hydroxylation is 3. The van der Waals surface area contributed by atoms with Gasteiger partial charge in [0.2, 0.25) is 0 Å². The second kappa shape index (κ2) is 14.6. The Morgan fingerprint density at radius 3 is 1.72 bits per heavy atom. The quantitative estimate of drug-likeness (QED) is 0.171. The molecule has 0 saturated heterocycles. The molecule has 43 heavy (non-hydrogen) atoms. The number of pyridine rings is 2. The molecule has 1 N–H and O–H groups in total. The van der Waals surface area contributed by atoms with Crippen molar-refractivity contribution in [2.24, 2.45) is 4.99 Å². The number of ketones is 1. The number of carbonyl (C=O) groups excluding carboxylic acids is 1. The molecule has 0 radical (unpaired) electrons. The van der Waals surface area contributed by atoms with Crippen LogP contribution >= 0.6 is 0 Å². The fraction of sp³-hybridized carbons (Fsp3) is 0.158. The summed E-state index contributed by atoms with van der Waals surface area (Å²) in [4.78, 5) is 25.8. The first-order valence-electron chi connectivity index (χ1n) is 14.3. The minimum Gasteiger partial charge on any atom is -0.388 e. The Labute approximate surface area is 254 Å². The van der Waals surface area contributed by atoms with Crippen molar-refractivity contribution in [3.05, 3.63) is 137 Å². The molecule has 0 saturated carbocycles. The van der Waals surface area contributed by atoms with Crippen molar-refractivity contribution in [2.45, 2.75) is 27.7 Å². The van der Waals surface area contributed by atoms with Gasteiger partial charge in [-0.05, 0) is 69.7 Å². The zero-order chi connectivity index (χ0) is 30.8. The summed E-state index contributed by atoms with van der Waals surface area (Å²) >= 11 is 0. The van der Waals surface area contributed by atoms with Crippen LogP contribution in [0.3, 0.4) is 0 Å². The first kappa shape index (κ1) is 30.8. The van der Waals surface area contributed by atoms with Gasteiger partial charge in [0.1, 0.15) is 0 Å². The average molecular weight is 567 g/mol. The van der Waals surface area contributed by atoms with Crippen molar-refractivity contribution in [2.75, 3.05) is 19.4 Å². The summed E-state index contributed by atoms with van der Waals surface area (Å²) in [6, 6.07) is 36.2. The molecule has 0 atom stereocenters. The lowest BCUT2D eigenvalue weighted by atomic mass is 10.0. The van der Waals surface area contributed by atoms with E-state index in [0.29, 0.717) is 11.3 Å². The summed E-state index contributed by atoms with van der Waals surface area (Å²) in [5.41, 5.74) is 9.86. The molecule has 5 nitrogen and oxygen atoms in total. The van der Waals surface area contributed by atoms with Gasteiger partial charge in [0, 0.05) is 47.9 Å². The topological polar surface area (TPSA) is 67.2 Å². The van der Waals surface area contributed by atoms with Gasteiger partial charge in [-0.2, -0.15) is 0 Å². The van der Waals surface area contributed by atoms with Crippen molar-refractivity contribution in [1.82, 2.24) is 9.97 Å². The summed E-state index contributed by atoms with van der Waals surface area (Å²) < 4.78 is 0. The smallest absolute Gasteiger partial charge is 0.160 e. The number of hydrogen-bond donors (Lipinski definition) is 1. The van der Waals surface area contributed by atoms with Crippen molar-refractivity contribution < 1.29 is 4.79 Å². The minimum atomic E-state index is 0.0148. The predicted molar refractivity (Wildman–Crippen MR) is 183 cm³/mol. The largest absolute Gasteiger partial charge is 0.388 e. The van der Waals surface area contributed by atoms with E-state index in [9.17, 15) is 4.79 Å². The number of hydrogen-bond acceptors (Lipinski definition) is 5. The van der Waals surface area contributed by atoms with Gasteiger partial charge in [-0.1, -0.05) is 83.9 Å². The summed E-state index contributed by atoms with van der Waals surface area (Å²) in [5.74, 6) is 0.0148. The van der Waals surface area contributed by atoms with E-state index in [2.05, 4.69) is 67.5 Å². The molecular weight excluding hydrogens is 528 g/mol. The fourth-order valence-electron chi connectivity index (χ4n) is 4.78. The number of benzene rings is 4. The SMILES string of the molecule is CN=Cc1cc(-c2cc(C(C)=O)c3ccccc3n2)nc2ccccc12.CNc1cccc(C)c1.Cc1cccc(C)c1. The van der Waals surface area contributed by atoms with E-state index in [1.165, 1.54) is 22.4 Å². The summed E-state index contributed by atoms with van der Waals surface area (Å²) in [6.45, 7) is 7.87. The van der Waals surface area contributed by atoms with Gasteiger partial charge < -0.3 is 5.32 Å². The van der Waals surface area contributed by atoms with Crippen LogP contribution in [-0.4, -0.2) is 36.1 Å². The zero-order valence-corrected chi connectivity index (χ0v) is 25.7. The number of anilines is 1. The first-order chi connectivity index (χ1) is 20.8. The molecule has 6 rings (SSSR count). The molecular formula is C38H38N4O. The minimum absolute atomic E-state index is 0.0148. The first-order valence-corrected chi connectivity index (χ1v) is 14.3. The van der Waals surface area contributed by atoms with Crippen molar-refractivity contribution >= 4 is 39.5 Å². The van der Waals surface area contributed by atoms with E-state index in [1.54, 1.807) is 14.0 Å². The molecule has 0 fully saturated rings. The number of fused-ring (bicyclic) bond motifs is 2. The lowest BCUT2D eigenvalue weighted by Crippen LogP contribution is -1.99. The van der Waals surface area contributed by atoms with Crippen LogP contribution in [0, 0.1) is 20.8 Å². The second-order valence-electron chi connectivity index (χ2n) is 10.4. The monoisotopic (exact) mass is 566 g/mol. The molecule has 5 heteroatoms. The fourth-order valence-corrected chi connectivity index (χ4v) is 4.78. The van der Waals surface area contributed by atoms with Crippen molar-refractivity contribution in [3.63, 3.8) is 0 Å². The number of nitrogens with zero attached hydrogens (tertiary/aromatic N) is 3. The van der Waals surface area contributed by atoms with Crippen LogP contribution in [0.1, 0.15) is 39.5 Å². The molecule has 0 aliphatic rings. The normalized spacial score (nSPS) is 10.6. The number of aromatic nitrogens is 2. The lowest BCUT2D eigenvalue weighted by molar-refractivity contribution is 0.101. The number of aliphatic imine (C=N–C) groups is 1. The Hall–Kier alpha value is -5.16. The van der Waals surface area contributed by atoms with Crippen LogP contribution in [0.4, 0.5) is 5.69 Å². The van der Waals surface area contributed by atoms with Gasteiger partial charge in [-0.3, -0.25) is 9.79 Å². The van der Waals surface area contributed by atoms with E-state index < -0.39 is 0 Å². The maximum Gasteiger partial charge on any atom is 0.160 e. The Morgan fingerprint density at radius 1 is 0.674 bits per heavy atom. The highest BCUT2D eigenvalue weighted by Gasteiger charge is 2.13. The van der Waals surface area contributed by atoms with Gasteiger partial charge in [-0.25, -0.2) is 9.97 Å². The third-order valence-electron chi connectivity index (χ3n) is 6.85. The van der Waals surface area contributed by atoms with E-state index in [0.717, 1.165) is 33.1 Å². The van der Waals surface area contributed by atoms with Crippen LogP contribution in [0.5, 0.6) is 0 Å². The van der Waals surface area contributed by atoms with E-state index >= 15 is 0 Å². The van der Waals surface area contributed by atoms with Crippen molar-refractivity contribution in [3.8, 4) is 11.4 Å². The van der Waals surface area contributed by atoms with E-state index in [4.69, 9.17) is 9.97 Å². The number of carbonyl (C=O) groups is 1. The predicted octanol–water partition coefficient (Wildman–Crippen LogP) is 9.04. The summed E-state index contributed by atoms with van der Waals surface area (Å²) in [6.07, 6.45) is 1.82. The number of para-hydroxylation sites is 2. The molecule has 2 heterocycles. The molecule has 2 aromatic heterocycles. The molecule has 6 aromatic rings. The Bertz CT molecular complexity index is 1870. The van der Waals surface area contributed by atoms with Crippen molar-refractivity contribution in [1.29, 1.82) is 0 Å². The van der Waals surface area contributed by atoms with Crippen LogP contribution in [0.25, 0.3) is 33.2 Å². The lowest BCUT2D eigenvalue weighted by Gasteiger charge is -2.09. The molecule has 4 aromatic carbocycles. The highest BCUT2D eigenvalue weighted by Crippen LogP contribution is 2.27. The Morgan fingerprint density at radius 2 is 1.21 bits per heavy atom. The highest BCUT2D eigenvalue weighted by molar-refractivity contribution is 6.07.